The lowest BCUT2D eigenvalue weighted by Gasteiger charge is -2.30. The van der Waals surface area contributed by atoms with E-state index in [2.05, 4.69) is 14.9 Å². The van der Waals surface area contributed by atoms with Crippen LogP contribution >= 0.6 is 0 Å². The molecule has 6 nitrogen and oxygen atoms in total. The largest absolute Gasteiger partial charge is 0.351 e. The lowest BCUT2D eigenvalue weighted by molar-refractivity contribution is 0.646. The van der Waals surface area contributed by atoms with E-state index in [4.69, 9.17) is 4.98 Å². The van der Waals surface area contributed by atoms with E-state index in [1.54, 1.807) is 11.6 Å². The van der Waals surface area contributed by atoms with Crippen LogP contribution < -0.4 is 10.5 Å². The van der Waals surface area contributed by atoms with Crippen LogP contribution in [0.15, 0.2) is 4.79 Å². The van der Waals surface area contributed by atoms with Crippen molar-refractivity contribution in [3.8, 4) is 0 Å². The summed E-state index contributed by atoms with van der Waals surface area (Å²) in [6, 6.07) is 0. The first-order valence-electron chi connectivity index (χ1n) is 8.21. The molecule has 0 radical (unpaired) electrons. The first-order chi connectivity index (χ1) is 11.0. The number of anilines is 1. The standard InChI is InChI=1S/C17H21N5O/c1-10-18-14-6-4-5-12(14)16(19-10)22-8-7-15-13(9-22)17(23)21(3)11(2)20-15/h4-9H2,1-3H3. The molecule has 0 fully saturated rings. The molecule has 2 aromatic heterocycles. The summed E-state index contributed by atoms with van der Waals surface area (Å²) in [7, 11) is 1.79. The average Bonchev–Trinajstić information content (AvgIpc) is 3.00. The number of aromatic nitrogens is 4. The van der Waals surface area contributed by atoms with Crippen LogP contribution in [-0.4, -0.2) is 26.1 Å². The molecule has 3 heterocycles. The van der Waals surface area contributed by atoms with Gasteiger partial charge < -0.3 is 4.90 Å². The van der Waals surface area contributed by atoms with Gasteiger partial charge in [-0.15, -0.1) is 0 Å². The summed E-state index contributed by atoms with van der Waals surface area (Å²) in [4.78, 5) is 28.7. The fraction of sp³-hybridized carbons (Fsp3) is 0.529. The first kappa shape index (κ1) is 14.4. The third kappa shape index (κ3) is 2.24. The normalized spacial score (nSPS) is 16.4. The predicted molar refractivity (Wildman–Crippen MR) is 87.8 cm³/mol. The Balaban J connectivity index is 1.78. The highest BCUT2D eigenvalue weighted by molar-refractivity contribution is 5.52. The summed E-state index contributed by atoms with van der Waals surface area (Å²) in [5.74, 6) is 2.63. The van der Waals surface area contributed by atoms with Gasteiger partial charge in [-0.2, -0.15) is 0 Å². The third-order valence-electron chi connectivity index (χ3n) is 4.98. The second kappa shape index (κ2) is 5.15. The molecular weight excluding hydrogens is 290 g/mol. The number of aryl methyl sites for hydroxylation is 3. The predicted octanol–water partition coefficient (Wildman–Crippen LogP) is 1.24. The topological polar surface area (TPSA) is 63.9 Å². The maximum atomic E-state index is 12.6. The molecule has 2 aromatic rings. The molecule has 1 aliphatic carbocycles. The lowest BCUT2D eigenvalue weighted by Crippen LogP contribution is -2.39. The Morgan fingerprint density at radius 3 is 2.57 bits per heavy atom. The molecule has 2 aliphatic rings. The summed E-state index contributed by atoms with van der Waals surface area (Å²) in [6.45, 7) is 5.28. The molecule has 0 N–H and O–H groups in total. The van der Waals surface area contributed by atoms with Gasteiger partial charge in [0.05, 0.1) is 17.8 Å². The van der Waals surface area contributed by atoms with Crippen LogP contribution in [0.5, 0.6) is 0 Å². The zero-order chi connectivity index (χ0) is 16.1. The number of hydrogen-bond donors (Lipinski definition) is 0. The van der Waals surface area contributed by atoms with Crippen molar-refractivity contribution in [3.05, 3.63) is 44.5 Å². The quantitative estimate of drug-likeness (QED) is 0.793. The zero-order valence-electron chi connectivity index (χ0n) is 13.9. The minimum Gasteiger partial charge on any atom is -0.351 e. The minimum atomic E-state index is 0.0691. The van der Waals surface area contributed by atoms with Crippen LogP contribution in [-0.2, 0) is 32.9 Å². The highest BCUT2D eigenvalue weighted by Gasteiger charge is 2.27. The van der Waals surface area contributed by atoms with Crippen LogP contribution in [0, 0.1) is 13.8 Å². The smallest absolute Gasteiger partial charge is 0.258 e. The lowest BCUT2D eigenvalue weighted by atomic mass is 10.1. The Bertz CT molecular complexity index is 855. The van der Waals surface area contributed by atoms with E-state index in [0.29, 0.717) is 6.54 Å². The Morgan fingerprint density at radius 1 is 0.957 bits per heavy atom. The van der Waals surface area contributed by atoms with Crippen molar-refractivity contribution in [2.45, 2.75) is 46.1 Å². The Morgan fingerprint density at radius 2 is 1.74 bits per heavy atom. The molecular formula is C17H21N5O. The summed E-state index contributed by atoms with van der Waals surface area (Å²) in [6.07, 6.45) is 4.02. The van der Waals surface area contributed by atoms with Crippen LogP contribution in [0.1, 0.15) is 40.6 Å². The van der Waals surface area contributed by atoms with Gasteiger partial charge in [-0.1, -0.05) is 0 Å². The summed E-state index contributed by atoms with van der Waals surface area (Å²) < 4.78 is 1.64. The molecule has 6 heteroatoms. The summed E-state index contributed by atoms with van der Waals surface area (Å²) in [5.41, 5.74) is 4.29. The first-order valence-corrected chi connectivity index (χ1v) is 8.21. The Kier molecular flexibility index (Phi) is 3.21. The molecule has 0 aromatic carbocycles. The molecule has 0 saturated carbocycles. The number of fused-ring (bicyclic) bond motifs is 2. The molecule has 120 valence electrons. The van der Waals surface area contributed by atoms with E-state index in [1.807, 2.05) is 13.8 Å². The molecule has 0 saturated heterocycles. The van der Waals surface area contributed by atoms with Crippen molar-refractivity contribution in [1.29, 1.82) is 0 Å². The van der Waals surface area contributed by atoms with Gasteiger partial charge in [0.2, 0.25) is 0 Å². The molecule has 0 unspecified atom stereocenters. The third-order valence-corrected chi connectivity index (χ3v) is 4.98. The van der Waals surface area contributed by atoms with Crippen molar-refractivity contribution in [2.75, 3.05) is 11.4 Å². The second-order valence-electron chi connectivity index (χ2n) is 6.49. The van der Waals surface area contributed by atoms with Gasteiger partial charge >= 0.3 is 0 Å². The van der Waals surface area contributed by atoms with Gasteiger partial charge in [-0.05, 0) is 33.1 Å². The van der Waals surface area contributed by atoms with Crippen molar-refractivity contribution in [3.63, 3.8) is 0 Å². The molecule has 1 aliphatic heterocycles. The molecule has 0 spiro atoms. The van der Waals surface area contributed by atoms with Gasteiger partial charge in [-0.3, -0.25) is 9.36 Å². The van der Waals surface area contributed by atoms with E-state index >= 15 is 0 Å². The SMILES string of the molecule is Cc1nc2c(c(N3CCc4nc(C)n(C)c(=O)c4C3)n1)CCC2. The second-order valence-corrected chi connectivity index (χ2v) is 6.49. The molecule has 23 heavy (non-hydrogen) atoms. The maximum Gasteiger partial charge on any atom is 0.258 e. The van der Waals surface area contributed by atoms with Crippen LogP contribution in [0.4, 0.5) is 5.82 Å². The Hall–Kier alpha value is -2.24. The summed E-state index contributed by atoms with van der Waals surface area (Å²) >= 11 is 0. The highest BCUT2D eigenvalue weighted by Crippen LogP contribution is 2.31. The zero-order valence-corrected chi connectivity index (χ0v) is 13.9. The molecule has 0 atom stereocenters. The van der Waals surface area contributed by atoms with E-state index in [0.717, 1.165) is 61.0 Å². The van der Waals surface area contributed by atoms with Crippen molar-refractivity contribution >= 4 is 5.82 Å². The van der Waals surface area contributed by atoms with Gasteiger partial charge in [0.1, 0.15) is 17.5 Å². The van der Waals surface area contributed by atoms with Crippen molar-refractivity contribution in [1.82, 2.24) is 19.5 Å². The highest BCUT2D eigenvalue weighted by atomic mass is 16.1. The van der Waals surface area contributed by atoms with Gasteiger partial charge in [0.25, 0.3) is 5.56 Å². The maximum absolute atomic E-state index is 12.6. The van der Waals surface area contributed by atoms with Crippen molar-refractivity contribution < 1.29 is 0 Å². The van der Waals surface area contributed by atoms with E-state index < -0.39 is 0 Å². The van der Waals surface area contributed by atoms with E-state index in [9.17, 15) is 4.79 Å². The molecule has 0 amide bonds. The molecule has 0 bridgehead atoms. The molecule has 4 rings (SSSR count). The summed E-state index contributed by atoms with van der Waals surface area (Å²) in [5, 5.41) is 0. The fourth-order valence-corrected chi connectivity index (χ4v) is 3.66. The van der Waals surface area contributed by atoms with Crippen LogP contribution in [0.25, 0.3) is 0 Å². The van der Waals surface area contributed by atoms with Gasteiger partial charge in [0.15, 0.2) is 0 Å². The van der Waals surface area contributed by atoms with Gasteiger partial charge in [-0.25, -0.2) is 15.0 Å². The number of rotatable bonds is 1. The number of hydrogen-bond acceptors (Lipinski definition) is 5. The Labute approximate surface area is 135 Å². The average molecular weight is 311 g/mol. The monoisotopic (exact) mass is 311 g/mol. The number of nitrogens with zero attached hydrogens (tertiary/aromatic N) is 5. The minimum absolute atomic E-state index is 0.0691. The van der Waals surface area contributed by atoms with Crippen LogP contribution in [0.3, 0.4) is 0 Å². The van der Waals surface area contributed by atoms with Crippen LogP contribution in [0.2, 0.25) is 0 Å². The van der Waals surface area contributed by atoms with E-state index in [-0.39, 0.29) is 5.56 Å². The fourth-order valence-electron chi connectivity index (χ4n) is 3.66. The van der Waals surface area contributed by atoms with Crippen molar-refractivity contribution in [2.24, 2.45) is 7.05 Å². The van der Waals surface area contributed by atoms with Gasteiger partial charge in [0, 0.05) is 31.3 Å². The van der Waals surface area contributed by atoms with E-state index in [1.165, 1.54) is 11.3 Å².